The summed E-state index contributed by atoms with van der Waals surface area (Å²) in [5.41, 5.74) is 6.56. The van der Waals surface area contributed by atoms with Crippen molar-refractivity contribution < 1.29 is 8.78 Å². The van der Waals surface area contributed by atoms with Gasteiger partial charge in [-0.1, -0.05) is 6.07 Å². The first-order chi connectivity index (χ1) is 8.61. The second-order valence-corrected chi connectivity index (χ2v) is 5.09. The van der Waals surface area contributed by atoms with Gasteiger partial charge in [-0.05, 0) is 44.7 Å². The van der Waals surface area contributed by atoms with Crippen LogP contribution < -0.4 is 11.1 Å². The lowest BCUT2D eigenvalue weighted by molar-refractivity contribution is 0.264. The minimum atomic E-state index is -0.553. The second kappa shape index (κ2) is 5.76. The number of nitrogens with one attached hydrogen (secondary N) is 1. The molecule has 0 aromatic heterocycles. The molecule has 0 radical (unpaired) electrons. The molecule has 1 saturated carbocycles. The van der Waals surface area contributed by atoms with Crippen LogP contribution in [0.1, 0.15) is 37.3 Å². The minimum absolute atomic E-state index is 0.287. The maximum absolute atomic E-state index is 13.7. The van der Waals surface area contributed by atoms with Gasteiger partial charge in [0.05, 0.1) is 0 Å². The van der Waals surface area contributed by atoms with Gasteiger partial charge in [0.1, 0.15) is 11.6 Å². The van der Waals surface area contributed by atoms with Gasteiger partial charge in [0.2, 0.25) is 0 Å². The third-order valence-electron chi connectivity index (χ3n) is 4.01. The molecule has 4 heteroatoms. The number of hydrogen-bond acceptors (Lipinski definition) is 2. The summed E-state index contributed by atoms with van der Waals surface area (Å²) in [5.74, 6) is -0.796. The van der Waals surface area contributed by atoms with Crippen molar-refractivity contribution in [2.24, 2.45) is 11.7 Å². The van der Waals surface area contributed by atoms with Crippen LogP contribution in [-0.4, -0.2) is 13.1 Å². The van der Waals surface area contributed by atoms with E-state index in [9.17, 15) is 8.78 Å². The van der Waals surface area contributed by atoms with Crippen LogP contribution >= 0.6 is 0 Å². The van der Waals surface area contributed by atoms with Crippen molar-refractivity contribution in [1.82, 2.24) is 5.32 Å². The summed E-state index contributed by atoms with van der Waals surface area (Å²) < 4.78 is 26.5. The fourth-order valence-corrected chi connectivity index (χ4v) is 2.79. The molecule has 2 rings (SSSR count). The SMILES string of the molecule is CNC1CCC(C(N)c2ccc(F)cc2F)CC1. The predicted molar refractivity (Wildman–Crippen MR) is 68.1 cm³/mol. The van der Waals surface area contributed by atoms with Crippen molar-refractivity contribution in [2.75, 3.05) is 7.05 Å². The van der Waals surface area contributed by atoms with Crippen LogP contribution in [0, 0.1) is 17.6 Å². The largest absolute Gasteiger partial charge is 0.324 e. The van der Waals surface area contributed by atoms with Crippen LogP contribution in [0.5, 0.6) is 0 Å². The Hall–Kier alpha value is -1.00. The first kappa shape index (κ1) is 13.4. The van der Waals surface area contributed by atoms with E-state index in [-0.39, 0.29) is 12.0 Å². The first-order valence-corrected chi connectivity index (χ1v) is 6.49. The van der Waals surface area contributed by atoms with Crippen LogP contribution in [0.15, 0.2) is 18.2 Å². The van der Waals surface area contributed by atoms with Gasteiger partial charge in [0.25, 0.3) is 0 Å². The number of benzene rings is 1. The highest BCUT2D eigenvalue weighted by molar-refractivity contribution is 5.22. The summed E-state index contributed by atoms with van der Waals surface area (Å²) in [6, 6.07) is 3.88. The monoisotopic (exact) mass is 254 g/mol. The van der Waals surface area contributed by atoms with Crippen LogP contribution in [0.4, 0.5) is 8.78 Å². The molecule has 1 fully saturated rings. The Morgan fingerprint density at radius 1 is 1.22 bits per heavy atom. The van der Waals surface area contributed by atoms with E-state index in [0.717, 1.165) is 31.7 Å². The Morgan fingerprint density at radius 2 is 1.89 bits per heavy atom. The van der Waals surface area contributed by atoms with Crippen molar-refractivity contribution in [2.45, 2.75) is 37.8 Å². The maximum Gasteiger partial charge on any atom is 0.130 e. The zero-order valence-electron chi connectivity index (χ0n) is 10.6. The van der Waals surface area contributed by atoms with Gasteiger partial charge in [0.15, 0.2) is 0 Å². The molecule has 0 amide bonds. The van der Waals surface area contributed by atoms with E-state index >= 15 is 0 Å². The average molecular weight is 254 g/mol. The third kappa shape index (κ3) is 2.87. The first-order valence-electron chi connectivity index (χ1n) is 6.49. The molecule has 0 spiro atoms. The van der Waals surface area contributed by atoms with Crippen molar-refractivity contribution in [3.63, 3.8) is 0 Å². The van der Waals surface area contributed by atoms with Gasteiger partial charge in [-0.25, -0.2) is 8.78 Å². The van der Waals surface area contributed by atoms with Crippen LogP contribution in [0.2, 0.25) is 0 Å². The Bertz CT molecular complexity index is 401. The lowest BCUT2D eigenvalue weighted by Gasteiger charge is -2.32. The van der Waals surface area contributed by atoms with Crippen molar-refractivity contribution in [1.29, 1.82) is 0 Å². The van der Waals surface area contributed by atoms with E-state index in [4.69, 9.17) is 5.73 Å². The third-order valence-corrected chi connectivity index (χ3v) is 4.01. The molecule has 100 valence electrons. The highest BCUT2D eigenvalue weighted by atomic mass is 19.1. The smallest absolute Gasteiger partial charge is 0.130 e. The number of rotatable bonds is 3. The summed E-state index contributed by atoms with van der Waals surface area (Å²) in [4.78, 5) is 0. The summed E-state index contributed by atoms with van der Waals surface area (Å²) in [6.45, 7) is 0. The van der Waals surface area contributed by atoms with Gasteiger partial charge in [0, 0.05) is 23.7 Å². The maximum atomic E-state index is 13.7. The fraction of sp³-hybridized carbons (Fsp3) is 0.571. The average Bonchev–Trinajstić information content (AvgIpc) is 2.38. The van der Waals surface area contributed by atoms with Crippen molar-refractivity contribution in [3.8, 4) is 0 Å². The molecule has 0 saturated heterocycles. The van der Waals surface area contributed by atoms with E-state index in [0.29, 0.717) is 11.6 Å². The Balaban J connectivity index is 2.05. The molecule has 1 aliphatic rings. The summed E-state index contributed by atoms with van der Waals surface area (Å²) in [5, 5.41) is 3.26. The lowest BCUT2D eigenvalue weighted by atomic mass is 9.79. The minimum Gasteiger partial charge on any atom is -0.324 e. The van der Waals surface area contributed by atoms with Crippen molar-refractivity contribution in [3.05, 3.63) is 35.4 Å². The molecule has 1 aromatic carbocycles. The highest BCUT2D eigenvalue weighted by Gasteiger charge is 2.27. The topological polar surface area (TPSA) is 38.0 Å². The molecular formula is C14H20F2N2. The standard InChI is InChI=1S/C14H20F2N2/c1-18-11-5-2-9(3-6-11)14(17)12-7-4-10(15)8-13(12)16/h4,7-9,11,14,18H,2-3,5-6,17H2,1H3. The normalized spacial score (nSPS) is 26.0. The van der Waals surface area contributed by atoms with Gasteiger partial charge < -0.3 is 11.1 Å². The highest BCUT2D eigenvalue weighted by Crippen LogP contribution is 2.34. The molecule has 1 aromatic rings. The van der Waals surface area contributed by atoms with E-state index < -0.39 is 11.6 Å². The zero-order valence-corrected chi connectivity index (χ0v) is 10.6. The van der Waals surface area contributed by atoms with Crippen LogP contribution in [0.3, 0.4) is 0 Å². The van der Waals surface area contributed by atoms with Gasteiger partial charge in [-0.2, -0.15) is 0 Å². The summed E-state index contributed by atoms with van der Waals surface area (Å²) in [7, 11) is 1.96. The molecule has 3 N–H and O–H groups in total. The lowest BCUT2D eigenvalue weighted by Crippen LogP contribution is -2.34. The molecule has 18 heavy (non-hydrogen) atoms. The molecule has 0 aliphatic heterocycles. The molecule has 0 heterocycles. The molecule has 2 nitrogen and oxygen atoms in total. The molecule has 0 bridgehead atoms. The van der Waals surface area contributed by atoms with Crippen molar-refractivity contribution >= 4 is 0 Å². The molecule has 1 atom stereocenters. The van der Waals surface area contributed by atoms with Crippen LogP contribution in [-0.2, 0) is 0 Å². The number of hydrogen-bond donors (Lipinski definition) is 2. The Morgan fingerprint density at radius 3 is 2.44 bits per heavy atom. The number of halogens is 2. The van der Waals surface area contributed by atoms with E-state index in [1.807, 2.05) is 7.05 Å². The Labute approximate surface area is 107 Å². The zero-order chi connectivity index (χ0) is 13.1. The number of nitrogens with two attached hydrogens (primary N) is 1. The summed E-state index contributed by atoms with van der Waals surface area (Å²) in [6.07, 6.45) is 4.11. The predicted octanol–water partition coefficient (Wildman–Crippen LogP) is 2.74. The van der Waals surface area contributed by atoms with Gasteiger partial charge in [-0.3, -0.25) is 0 Å². The van der Waals surface area contributed by atoms with Gasteiger partial charge >= 0.3 is 0 Å². The quantitative estimate of drug-likeness (QED) is 0.870. The fourth-order valence-electron chi connectivity index (χ4n) is 2.79. The molecule has 1 aliphatic carbocycles. The van der Waals surface area contributed by atoms with Crippen LogP contribution in [0.25, 0.3) is 0 Å². The molecular weight excluding hydrogens is 234 g/mol. The van der Waals surface area contributed by atoms with E-state index in [1.165, 1.54) is 12.1 Å². The van der Waals surface area contributed by atoms with E-state index in [1.54, 1.807) is 0 Å². The van der Waals surface area contributed by atoms with E-state index in [2.05, 4.69) is 5.32 Å². The summed E-state index contributed by atoms with van der Waals surface area (Å²) >= 11 is 0. The molecule has 1 unspecified atom stereocenters. The second-order valence-electron chi connectivity index (χ2n) is 5.09. The van der Waals surface area contributed by atoms with Gasteiger partial charge in [-0.15, -0.1) is 0 Å². The Kier molecular flexibility index (Phi) is 4.30.